The summed E-state index contributed by atoms with van der Waals surface area (Å²) in [5.41, 5.74) is 1.62. The molecule has 1 N–H and O–H groups in total. The third kappa shape index (κ3) is 5.53. The fourth-order valence-corrected chi connectivity index (χ4v) is 3.29. The number of Topliss-reactive ketones (excluding diaryl/α,β-unsaturated/α-hetero) is 1. The van der Waals surface area contributed by atoms with Gasteiger partial charge in [-0.1, -0.05) is 6.07 Å². The summed E-state index contributed by atoms with van der Waals surface area (Å²) < 4.78 is 5.39. The van der Waals surface area contributed by atoms with Crippen LogP contribution in [-0.4, -0.2) is 47.8 Å². The highest BCUT2D eigenvalue weighted by Gasteiger charge is 2.28. The molecule has 1 unspecified atom stereocenters. The minimum atomic E-state index is -0.0412. The Kier molecular flexibility index (Phi) is 8.42. The number of piperazine rings is 1. The lowest BCUT2D eigenvalue weighted by Gasteiger charge is -2.36. The molecule has 0 aliphatic carbocycles. The maximum absolute atomic E-state index is 12.8. The van der Waals surface area contributed by atoms with Gasteiger partial charge in [-0.25, -0.2) is 0 Å². The quantitative estimate of drug-likeness (QED) is 0.719. The maximum Gasteiger partial charge on any atom is 0.223 e. The highest BCUT2D eigenvalue weighted by Crippen LogP contribution is 2.23. The van der Waals surface area contributed by atoms with Crippen LogP contribution in [0.5, 0.6) is 5.75 Å². The molecule has 1 aromatic carbocycles. The number of nitrogens with one attached hydrogen (secondary N) is 1. The Labute approximate surface area is 171 Å². The van der Waals surface area contributed by atoms with Gasteiger partial charge >= 0.3 is 0 Å². The molecule has 6 nitrogen and oxygen atoms in total. The van der Waals surface area contributed by atoms with E-state index < -0.39 is 0 Å². The standard InChI is InChI=1S/C21H25N3O3.ClH/c1-2-27-18-7-5-16(6-8-18)20(25)9-10-21(26)24-13-12-23-15-19(24)17-4-3-11-22-14-17;/h3-8,11,14,19,23H,2,9-10,12-13,15H2,1H3;1H. The van der Waals surface area contributed by atoms with Crippen LogP contribution in [0.3, 0.4) is 0 Å². The predicted octanol–water partition coefficient (Wildman–Crippen LogP) is 3.04. The fourth-order valence-electron chi connectivity index (χ4n) is 3.29. The van der Waals surface area contributed by atoms with E-state index in [-0.39, 0.29) is 43.0 Å². The van der Waals surface area contributed by atoms with Gasteiger partial charge in [0, 0.05) is 50.4 Å². The Morgan fingerprint density at radius 3 is 2.68 bits per heavy atom. The SMILES string of the molecule is CCOc1ccc(C(=O)CCC(=O)N2CCNCC2c2cccnc2)cc1.Cl. The van der Waals surface area contributed by atoms with Crippen molar-refractivity contribution in [1.29, 1.82) is 0 Å². The zero-order valence-electron chi connectivity index (χ0n) is 16.0. The van der Waals surface area contributed by atoms with E-state index in [2.05, 4.69) is 10.3 Å². The molecule has 1 aliphatic rings. The second kappa shape index (κ2) is 10.8. The summed E-state index contributed by atoms with van der Waals surface area (Å²) in [4.78, 5) is 31.2. The van der Waals surface area contributed by atoms with Crippen LogP contribution < -0.4 is 10.1 Å². The predicted molar refractivity (Wildman–Crippen MR) is 110 cm³/mol. The number of ether oxygens (including phenoxy) is 1. The summed E-state index contributed by atoms with van der Waals surface area (Å²) in [6, 6.07) is 10.9. The molecule has 2 heterocycles. The summed E-state index contributed by atoms with van der Waals surface area (Å²) >= 11 is 0. The lowest BCUT2D eigenvalue weighted by molar-refractivity contribution is -0.134. The fraction of sp³-hybridized carbons (Fsp3) is 0.381. The normalized spacial score (nSPS) is 16.2. The maximum atomic E-state index is 12.8. The van der Waals surface area contributed by atoms with Crippen molar-refractivity contribution in [3.8, 4) is 5.75 Å². The molecular formula is C21H26ClN3O3. The molecule has 0 radical (unpaired) electrons. The number of aromatic nitrogens is 1. The number of nitrogens with zero attached hydrogens (tertiary/aromatic N) is 2. The van der Waals surface area contributed by atoms with Gasteiger partial charge in [0.2, 0.25) is 5.91 Å². The molecule has 1 saturated heterocycles. The molecule has 150 valence electrons. The molecule has 7 heteroatoms. The first-order valence-corrected chi connectivity index (χ1v) is 9.35. The van der Waals surface area contributed by atoms with E-state index in [0.717, 1.165) is 17.9 Å². The lowest BCUT2D eigenvalue weighted by Crippen LogP contribution is -2.48. The van der Waals surface area contributed by atoms with E-state index in [0.29, 0.717) is 25.3 Å². The average molecular weight is 404 g/mol. The zero-order valence-corrected chi connectivity index (χ0v) is 16.8. The molecular weight excluding hydrogens is 378 g/mol. The summed E-state index contributed by atoms with van der Waals surface area (Å²) in [6.07, 6.45) is 3.93. The molecule has 0 saturated carbocycles. The highest BCUT2D eigenvalue weighted by atomic mass is 35.5. The Bertz CT molecular complexity index is 768. The van der Waals surface area contributed by atoms with Crippen LogP contribution in [0.15, 0.2) is 48.8 Å². The van der Waals surface area contributed by atoms with Crippen LogP contribution in [0.4, 0.5) is 0 Å². The van der Waals surface area contributed by atoms with Gasteiger partial charge in [0.05, 0.1) is 12.6 Å². The minimum absolute atomic E-state index is 0. The van der Waals surface area contributed by atoms with E-state index >= 15 is 0 Å². The monoisotopic (exact) mass is 403 g/mol. The topological polar surface area (TPSA) is 71.5 Å². The number of ketones is 1. The Balaban J connectivity index is 0.00000280. The number of hydrogen-bond acceptors (Lipinski definition) is 5. The number of carbonyl (C=O) groups is 2. The van der Waals surface area contributed by atoms with E-state index in [9.17, 15) is 9.59 Å². The first-order valence-electron chi connectivity index (χ1n) is 9.35. The Morgan fingerprint density at radius 2 is 2.00 bits per heavy atom. The third-order valence-corrected chi connectivity index (χ3v) is 4.69. The van der Waals surface area contributed by atoms with Crippen LogP contribution in [0.2, 0.25) is 0 Å². The third-order valence-electron chi connectivity index (χ3n) is 4.69. The second-order valence-electron chi connectivity index (χ2n) is 6.47. The van der Waals surface area contributed by atoms with Crippen molar-refractivity contribution in [2.75, 3.05) is 26.2 Å². The number of pyridine rings is 1. The Morgan fingerprint density at radius 1 is 1.21 bits per heavy atom. The first kappa shape index (κ1) is 21.9. The summed E-state index contributed by atoms with van der Waals surface area (Å²) in [6.45, 7) is 4.60. The van der Waals surface area contributed by atoms with E-state index in [4.69, 9.17) is 4.74 Å². The number of rotatable bonds is 7. The molecule has 1 aliphatic heterocycles. The van der Waals surface area contributed by atoms with Gasteiger partial charge in [-0.3, -0.25) is 14.6 Å². The largest absolute Gasteiger partial charge is 0.494 e. The molecule has 28 heavy (non-hydrogen) atoms. The number of amides is 1. The molecule has 1 fully saturated rings. The molecule has 2 aromatic rings. The van der Waals surface area contributed by atoms with Crippen LogP contribution in [-0.2, 0) is 4.79 Å². The van der Waals surface area contributed by atoms with Gasteiger partial charge in [0.15, 0.2) is 5.78 Å². The van der Waals surface area contributed by atoms with Gasteiger partial charge in [0.1, 0.15) is 5.75 Å². The first-order chi connectivity index (χ1) is 13.2. The smallest absolute Gasteiger partial charge is 0.223 e. The number of hydrogen-bond donors (Lipinski definition) is 1. The number of halogens is 1. The van der Waals surface area contributed by atoms with Crippen LogP contribution >= 0.6 is 12.4 Å². The molecule has 1 atom stereocenters. The summed E-state index contributed by atoms with van der Waals surface area (Å²) in [5, 5.41) is 3.32. The molecule has 1 amide bonds. The van der Waals surface area contributed by atoms with Crippen molar-refractivity contribution in [2.24, 2.45) is 0 Å². The zero-order chi connectivity index (χ0) is 19.1. The second-order valence-corrected chi connectivity index (χ2v) is 6.47. The van der Waals surface area contributed by atoms with Crippen molar-refractivity contribution in [1.82, 2.24) is 15.2 Å². The van der Waals surface area contributed by atoms with Gasteiger partial charge < -0.3 is 15.0 Å². The summed E-state index contributed by atoms with van der Waals surface area (Å²) in [5.74, 6) is 0.717. The van der Waals surface area contributed by atoms with E-state index in [1.165, 1.54) is 0 Å². The molecule has 0 bridgehead atoms. The van der Waals surface area contributed by atoms with E-state index in [1.54, 1.807) is 36.7 Å². The van der Waals surface area contributed by atoms with Gasteiger partial charge in [-0.15, -0.1) is 12.4 Å². The van der Waals surface area contributed by atoms with Crippen molar-refractivity contribution in [2.45, 2.75) is 25.8 Å². The average Bonchev–Trinajstić information content (AvgIpc) is 2.73. The van der Waals surface area contributed by atoms with Crippen molar-refractivity contribution in [3.63, 3.8) is 0 Å². The van der Waals surface area contributed by atoms with Crippen molar-refractivity contribution >= 4 is 24.1 Å². The number of benzene rings is 1. The van der Waals surface area contributed by atoms with Crippen molar-refractivity contribution < 1.29 is 14.3 Å². The van der Waals surface area contributed by atoms with Crippen molar-refractivity contribution in [3.05, 3.63) is 59.9 Å². The molecule has 1 aromatic heterocycles. The van der Waals surface area contributed by atoms with Crippen LogP contribution in [0, 0.1) is 0 Å². The van der Waals surface area contributed by atoms with E-state index in [1.807, 2.05) is 24.0 Å². The van der Waals surface area contributed by atoms with Gasteiger partial charge in [-0.2, -0.15) is 0 Å². The molecule has 3 rings (SSSR count). The van der Waals surface area contributed by atoms with Crippen LogP contribution in [0.25, 0.3) is 0 Å². The summed E-state index contributed by atoms with van der Waals surface area (Å²) in [7, 11) is 0. The van der Waals surface area contributed by atoms with Gasteiger partial charge in [-0.05, 0) is 42.8 Å². The minimum Gasteiger partial charge on any atom is -0.494 e. The van der Waals surface area contributed by atoms with Crippen LogP contribution in [0.1, 0.15) is 41.7 Å². The highest BCUT2D eigenvalue weighted by molar-refractivity contribution is 5.98. The molecule has 0 spiro atoms. The number of carbonyl (C=O) groups excluding carboxylic acids is 2. The lowest BCUT2D eigenvalue weighted by atomic mass is 10.0. The van der Waals surface area contributed by atoms with Gasteiger partial charge in [0.25, 0.3) is 0 Å². The Hall–Kier alpha value is -2.44.